The van der Waals surface area contributed by atoms with Crippen molar-refractivity contribution in [1.29, 1.82) is 0 Å². The summed E-state index contributed by atoms with van der Waals surface area (Å²) in [4.78, 5) is 30.1. The molecular weight excluding hydrogens is 515 g/mol. The molecule has 0 unspecified atom stereocenters. The Morgan fingerprint density at radius 1 is 0.900 bits per heavy atom. The van der Waals surface area contributed by atoms with Crippen molar-refractivity contribution in [2.45, 2.75) is 6.54 Å². The van der Waals surface area contributed by atoms with Crippen LogP contribution in [0.5, 0.6) is 23.0 Å². The van der Waals surface area contributed by atoms with Gasteiger partial charge in [0.2, 0.25) is 0 Å². The molecule has 0 saturated carbocycles. The summed E-state index contributed by atoms with van der Waals surface area (Å²) >= 11 is 0. The molecule has 2 aromatic heterocycles. The van der Waals surface area contributed by atoms with E-state index in [0.29, 0.717) is 39.4 Å². The summed E-state index contributed by atoms with van der Waals surface area (Å²) in [7, 11) is 6.48. The Balaban J connectivity index is 1.37. The minimum absolute atomic E-state index is 0.0231. The molecule has 0 radical (unpaired) electrons. The van der Waals surface area contributed by atoms with Gasteiger partial charge in [-0.2, -0.15) is 0 Å². The number of rotatable bonds is 8. The third-order valence-electron chi connectivity index (χ3n) is 6.71. The maximum atomic E-state index is 15.1. The lowest BCUT2D eigenvalue weighted by Crippen LogP contribution is -2.27. The standard InChI is InChI=1S/C30H27FN4O5/c1-34-28(18-8-6-5-7-9-18)21(30(37)35(34)2)17-33-29(36)19-10-11-25(22(31)14-19)40-24-12-13-32-23-16-27(39-4)26(38-3)15-20(23)24/h5-16H,17H2,1-4H3,(H,33,36). The van der Waals surface area contributed by atoms with Crippen molar-refractivity contribution >= 4 is 16.8 Å². The van der Waals surface area contributed by atoms with E-state index in [4.69, 9.17) is 14.2 Å². The van der Waals surface area contributed by atoms with Crippen molar-refractivity contribution in [2.24, 2.45) is 14.1 Å². The summed E-state index contributed by atoms with van der Waals surface area (Å²) in [6.07, 6.45) is 1.54. The molecule has 0 fully saturated rings. The SMILES string of the molecule is COc1cc2nccc(Oc3ccc(C(=O)NCc4c(-c5ccccc5)n(C)n(C)c4=O)cc3F)c2cc1OC. The number of methoxy groups -OCH3 is 2. The van der Waals surface area contributed by atoms with Gasteiger partial charge in [0.1, 0.15) is 5.75 Å². The fourth-order valence-corrected chi connectivity index (χ4v) is 4.55. The third kappa shape index (κ3) is 4.86. The maximum absolute atomic E-state index is 15.1. The van der Waals surface area contributed by atoms with Gasteiger partial charge in [-0.25, -0.2) is 4.39 Å². The fourth-order valence-electron chi connectivity index (χ4n) is 4.55. The van der Waals surface area contributed by atoms with Crippen LogP contribution in [0, 0.1) is 5.82 Å². The van der Waals surface area contributed by atoms with Gasteiger partial charge >= 0.3 is 0 Å². The van der Waals surface area contributed by atoms with Crippen molar-refractivity contribution < 1.29 is 23.4 Å². The number of halogens is 1. The number of hydrogen-bond acceptors (Lipinski definition) is 6. The van der Waals surface area contributed by atoms with E-state index in [0.717, 1.165) is 11.6 Å². The van der Waals surface area contributed by atoms with Crippen LogP contribution in [-0.4, -0.2) is 34.5 Å². The van der Waals surface area contributed by atoms with Crippen molar-refractivity contribution in [3.63, 3.8) is 0 Å². The minimum Gasteiger partial charge on any atom is -0.493 e. The molecule has 0 atom stereocenters. The zero-order chi connectivity index (χ0) is 28.4. The molecule has 5 aromatic rings. The summed E-state index contributed by atoms with van der Waals surface area (Å²) in [5.41, 5.74) is 2.41. The Morgan fingerprint density at radius 3 is 2.33 bits per heavy atom. The van der Waals surface area contributed by atoms with Crippen molar-refractivity contribution in [3.05, 3.63) is 100 Å². The van der Waals surface area contributed by atoms with Crippen LogP contribution in [-0.2, 0) is 20.6 Å². The highest BCUT2D eigenvalue weighted by molar-refractivity contribution is 5.94. The Bertz CT molecular complexity index is 1780. The molecule has 10 heteroatoms. The van der Waals surface area contributed by atoms with Gasteiger partial charge in [0.05, 0.1) is 37.5 Å². The number of nitrogens with one attached hydrogen (secondary N) is 1. The van der Waals surface area contributed by atoms with Crippen LogP contribution in [0.4, 0.5) is 4.39 Å². The molecule has 204 valence electrons. The van der Waals surface area contributed by atoms with Crippen molar-refractivity contribution in [3.8, 4) is 34.3 Å². The molecule has 0 aliphatic heterocycles. The van der Waals surface area contributed by atoms with Crippen LogP contribution in [0.15, 0.2) is 77.7 Å². The smallest absolute Gasteiger partial charge is 0.272 e. The number of amides is 1. The number of pyridine rings is 1. The summed E-state index contributed by atoms with van der Waals surface area (Å²) in [6.45, 7) is -0.0231. The van der Waals surface area contributed by atoms with E-state index in [9.17, 15) is 9.59 Å². The van der Waals surface area contributed by atoms with E-state index in [1.165, 1.54) is 31.0 Å². The molecule has 0 aliphatic rings. The summed E-state index contributed by atoms with van der Waals surface area (Å²) in [5, 5.41) is 3.34. The lowest BCUT2D eigenvalue weighted by molar-refractivity contribution is 0.0950. The number of aromatic nitrogens is 3. The lowest BCUT2D eigenvalue weighted by atomic mass is 10.1. The molecule has 0 saturated heterocycles. The van der Waals surface area contributed by atoms with Gasteiger partial charge in [0, 0.05) is 42.9 Å². The quantitative estimate of drug-likeness (QED) is 0.302. The predicted octanol–water partition coefficient (Wildman–Crippen LogP) is 4.82. The second-order valence-corrected chi connectivity index (χ2v) is 9.01. The van der Waals surface area contributed by atoms with E-state index < -0.39 is 11.7 Å². The first kappa shape index (κ1) is 26.5. The van der Waals surface area contributed by atoms with Gasteiger partial charge in [0.15, 0.2) is 23.1 Å². The summed E-state index contributed by atoms with van der Waals surface area (Å²) in [5.74, 6) is 0.0206. The van der Waals surface area contributed by atoms with Crippen molar-refractivity contribution in [1.82, 2.24) is 19.7 Å². The number of carbonyl (C=O) groups is 1. The average Bonchev–Trinajstić information content (AvgIpc) is 3.19. The highest BCUT2D eigenvalue weighted by Crippen LogP contribution is 2.37. The zero-order valence-electron chi connectivity index (χ0n) is 22.4. The molecule has 1 amide bonds. The van der Waals surface area contributed by atoms with E-state index in [-0.39, 0.29) is 23.4 Å². The van der Waals surface area contributed by atoms with Gasteiger partial charge in [-0.05, 0) is 30.3 Å². The topological polar surface area (TPSA) is 96.6 Å². The zero-order valence-corrected chi connectivity index (χ0v) is 22.4. The molecule has 2 heterocycles. The number of benzene rings is 3. The molecular formula is C30H27FN4O5. The lowest BCUT2D eigenvalue weighted by Gasteiger charge is -2.13. The number of nitrogens with zero attached hydrogens (tertiary/aromatic N) is 3. The minimum atomic E-state index is -0.723. The number of fused-ring (bicyclic) bond motifs is 1. The molecule has 0 bridgehead atoms. The highest BCUT2D eigenvalue weighted by atomic mass is 19.1. The predicted molar refractivity (Wildman–Crippen MR) is 149 cm³/mol. The van der Waals surface area contributed by atoms with Gasteiger partial charge in [-0.15, -0.1) is 0 Å². The molecule has 5 rings (SSSR count). The third-order valence-corrected chi connectivity index (χ3v) is 6.71. The first-order valence-electron chi connectivity index (χ1n) is 12.4. The van der Waals surface area contributed by atoms with Gasteiger partial charge < -0.3 is 19.5 Å². The monoisotopic (exact) mass is 542 g/mol. The summed E-state index contributed by atoms with van der Waals surface area (Å²) in [6, 6.07) is 18.4. The number of ether oxygens (including phenoxy) is 3. The largest absolute Gasteiger partial charge is 0.493 e. The molecule has 40 heavy (non-hydrogen) atoms. The van der Waals surface area contributed by atoms with Crippen LogP contribution >= 0.6 is 0 Å². The second kappa shape index (κ2) is 10.9. The van der Waals surface area contributed by atoms with Crippen LogP contribution in [0.1, 0.15) is 15.9 Å². The average molecular weight is 543 g/mol. The first-order chi connectivity index (χ1) is 19.3. The van der Waals surface area contributed by atoms with Gasteiger partial charge in [-0.1, -0.05) is 30.3 Å². The van der Waals surface area contributed by atoms with Crippen LogP contribution in [0.2, 0.25) is 0 Å². The molecule has 1 N–H and O–H groups in total. The Hall–Kier alpha value is -5.12. The molecule has 0 spiro atoms. The summed E-state index contributed by atoms with van der Waals surface area (Å²) < 4.78 is 34.9. The Kier molecular flexibility index (Phi) is 7.24. The van der Waals surface area contributed by atoms with Crippen LogP contribution in [0.25, 0.3) is 22.2 Å². The first-order valence-corrected chi connectivity index (χ1v) is 12.4. The normalized spacial score (nSPS) is 10.9. The highest BCUT2D eigenvalue weighted by Gasteiger charge is 2.19. The van der Waals surface area contributed by atoms with Crippen LogP contribution in [0.3, 0.4) is 0 Å². The van der Waals surface area contributed by atoms with Crippen LogP contribution < -0.4 is 25.1 Å². The molecule has 0 aliphatic carbocycles. The van der Waals surface area contributed by atoms with Gasteiger partial charge in [0.25, 0.3) is 11.5 Å². The number of hydrogen-bond donors (Lipinski definition) is 1. The van der Waals surface area contributed by atoms with E-state index in [1.54, 1.807) is 43.2 Å². The molecule has 3 aromatic carbocycles. The van der Waals surface area contributed by atoms with E-state index in [2.05, 4.69) is 10.3 Å². The number of carbonyl (C=O) groups excluding carboxylic acids is 1. The molecule has 9 nitrogen and oxygen atoms in total. The van der Waals surface area contributed by atoms with Gasteiger partial charge in [-0.3, -0.25) is 23.9 Å². The van der Waals surface area contributed by atoms with E-state index >= 15 is 4.39 Å². The van der Waals surface area contributed by atoms with Crippen molar-refractivity contribution in [2.75, 3.05) is 14.2 Å². The second-order valence-electron chi connectivity index (χ2n) is 9.01. The Morgan fingerprint density at radius 2 is 1.62 bits per heavy atom. The Labute approximate surface area is 229 Å². The fraction of sp³-hybridized carbons (Fsp3) is 0.167. The maximum Gasteiger partial charge on any atom is 0.272 e. The van der Waals surface area contributed by atoms with E-state index in [1.807, 2.05) is 30.3 Å².